The van der Waals surface area contributed by atoms with E-state index in [0.29, 0.717) is 11.3 Å². The second kappa shape index (κ2) is 7.78. The van der Waals surface area contributed by atoms with Crippen LogP contribution in [-0.4, -0.2) is 27.1 Å². The number of aromatic hydroxyl groups is 1. The summed E-state index contributed by atoms with van der Waals surface area (Å²) in [7, 11) is 0. The Kier molecular flexibility index (Phi) is 5.15. The van der Waals surface area contributed by atoms with Crippen molar-refractivity contribution in [2.75, 3.05) is 6.61 Å². The largest absolute Gasteiger partial charge is 0.508 e. The van der Waals surface area contributed by atoms with Crippen molar-refractivity contribution >= 4 is 5.91 Å². The highest BCUT2D eigenvalue weighted by molar-refractivity contribution is 5.78. The van der Waals surface area contributed by atoms with Gasteiger partial charge in [-0.05, 0) is 54.1 Å². The first-order chi connectivity index (χ1) is 14.3. The summed E-state index contributed by atoms with van der Waals surface area (Å²) in [6.07, 6.45) is -2.65. The van der Waals surface area contributed by atoms with E-state index in [4.69, 9.17) is 4.74 Å². The molecule has 4 rings (SSSR count). The van der Waals surface area contributed by atoms with Gasteiger partial charge >= 0.3 is 6.18 Å². The number of halogens is 3. The number of amides is 1. The van der Waals surface area contributed by atoms with Gasteiger partial charge in [0.05, 0.1) is 5.56 Å². The first-order valence-electron chi connectivity index (χ1n) is 9.34. The van der Waals surface area contributed by atoms with Crippen LogP contribution in [0.2, 0.25) is 0 Å². The summed E-state index contributed by atoms with van der Waals surface area (Å²) < 4.78 is 46.8. The van der Waals surface area contributed by atoms with E-state index in [9.17, 15) is 23.1 Å². The van der Waals surface area contributed by atoms with Crippen molar-refractivity contribution in [1.29, 1.82) is 0 Å². The molecule has 1 N–H and O–H groups in total. The molecule has 0 fully saturated rings. The smallest absolute Gasteiger partial charge is 0.416 e. The maximum absolute atomic E-state index is 13.1. The van der Waals surface area contributed by atoms with Gasteiger partial charge < -0.3 is 19.3 Å². The Morgan fingerprint density at radius 2 is 1.83 bits per heavy atom. The molecule has 1 aliphatic rings. The number of phenols is 1. The lowest BCUT2D eigenvalue weighted by molar-refractivity contribution is -0.138. The fourth-order valence-corrected chi connectivity index (χ4v) is 3.58. The zero-order chi connectivity index (χ0) is 21.3. The van der Waals surface area contributed by atoms with E-state index in [1.165, 1.54) is 18.2 Å². The number of carbonyl (C=O) groups excluding carboxylic acids is 1. The van der Waals surface area contributed by atoms with Crippen molar-refractivity contribution < 1.29 is 27.8 Å². The molecule has 156 valence electrons. The highest BCUT2D eigenvalue weighted by atomic mass is 19.4. The quantitative estimate of drug-likeness (QED) is 0.672. The van der Waals surface area contributed by atoms with Gasteiger partial charge in [0.25, 0.3) is 0 Å². The molecule has 1 amide bonds. The van der Waals surface area contributed by atoms with E-state index in [0.717, 1.165) is 17.8 Å². The molecule has 2 aromatic carbocycles. The number of carbonyl (C=O) groups is 1. The Labute approximate surface area is 170 Å². The topological polar surface area (TPSA) is 54.7 Å². The molecule has 0 radical (unpaired) electrons. The maximum atomic E-state index is 13.1. The maximum Gasteiger partial charge on any atom is 0.416 e. The lowest BCUT2D eigenvalue weighted by atomic mass is 10.1. The van der Waals surface area contributed by atoms with E-state index in [1.807, 2.05) is 16.7 Å². The first kappa shape index (κ1) is 19.9. The molecule has 30 heavy (non-hydrogen) atoms. The van der Waals surface area contributed by atoms with Crippen molar-refractivity contribution in [3.05, 3.63) is 83.7 Å². The summed E-state index contributed by atoms with van der Waals surface area (Å²) in [5.74, 6) is 0.425. The Morgan fingerprint density at radius 1 is 1.07 bits per heavy atom. The standard InChI is InChI=1S/C22H19F3N2O3/c23-22(24,25)16-4-1-3-15(11-16)12-27-20(14-30-18-8-6-17(28)7-9-18)19-5-2-10-26(19)13-21(27)29/h1-11,20,28H,12-14H2. The molecule has 2 heterocycles. The number of nitrogens with zero attached hydrogens (tertiary/aromatic N) is 2. The molecule has 0 saturated heterocycles. The van der Waals surface area contributed by atoms with Gasteiger partial charge in [0, 0.05) is 18.4 Å². The predicted molar refractivity (Wildman–Crippen MR) is 103 cm³/mol. The van der Waals surface area contributed by atoms with Crippen LogP contribution in [0.3, 0.4) is 0 Å². The SMILES string of the molecule is O=C1Cn2cccc2C(COc2ccc(O)cc2)N1Cc1cccc(C(F)(F)F)c1. The number of alkyl halides is 3. The highest BCUT2D eigenvalue weighted by Crippen LogP contribution is 2.32. The minimum absolute atomic E-state index is 0.0392. The van der Waals surface area contributed by atoms with Gasteiger partial charge in [0.2, 0.25) is 5.91 Å². The molecular weight excluding hydrogens is 397 g/mol. The van der Waals surface area contributed by atoms with Crippen molar-refractivity contribution in [3.8, 4) is 11.5 Å². The highest BCUT2D eigenvalue weighted by Gasteiger charge is 2.34. The predicted octanol–water partition coefficient (Wildman–Crippen LogP) is 4.38. The molecule has 0 bridgehead atoms. The van der Waals surface area contributed by atoms with E-state index >= 15 is 0 Å². The molecular formula is C22H19F3N2O3. The number of rotatable bonds is 5. The zero-order valence-electron chi connectivity index (χ0n) is 15.8. The van der Waals surface area contributed by atoms with Crippen LogP contribution in [0.1, 0.15) is 22.9 Å². The fourth-order valence-electron chi connectivity index (χ4n) is 3.58. The number of hydrogen-bond acceptors (Lipinski definition) is 3. The number of benzene rings is 2. The Morgan fingerprint density at radius 3 is 2.57 bits per heavy atom. The molecule has 0 spiro atoms. The average Bonchev–Trinajstić information content (AvgIpc) is 3.16. The normalized spacial score (nSPS) is 16.4. The Hall–Kier alpha value is -3.42. The van der Waals surface area contributed by atoms with Crippen molar-refractivity contribution in [1.82, 2.24) is 9.47 Å². The summed E-state index contributed by atoms with van der Waals surface area (Å²) in [6, 6.07) is 14.4. The fraction of sp³-hybridized carbons (Fsp3) is 0.227. The molecule has 3 aromatic rings. The number of ether oxygens (including phenoxy) is 1. The van der Waals surface area contributed by atoms with Gasteiger partial charge in [-0.3, -0.25) is 4.79 Å². The van der Waals surface area contributed by atoms with Crippen molar-refractivity contribution in [2.24, 2.45) is 0 Å². The third-order valence-electron chi connectivity index (χ3n) is 5.06. The first-order valence-corrected chi connectivity index (χ1v) is 9.34. The van der Waals surface area contributed by atoms with Crippen LogP contribution < -0.4 is 4.74 Å². The summed E-state index contributed by atoms with van der Waals surface area (Å²) in [5.41, 5.74) is 0.498. The number of fused-ring (bicyclic) bond motifs is 1. The molecule has 1 aliphatic heterocycles. The van der Waals surface area contributed by atoms with Gasteiger partial charge in [-0.2, -0.15) is 13.2 Å². The van der Waals surface area contributed by atoms with Crippen LogP contribution in [0, 0.1) is 0 Å². The van der Waals surface area contributed by atoms with Crippen molar-refractivity contribution in [3.63, 3.8) is 0 Å². The van der Waals surface area contributed by atoms with Crippen LogP contribution in [0.4, 0.5) is 13.2 Å². The van der Waals surface area contributed by atoms with E-state index in [1.54, 1.807) is 29.3 Å². The number of hydrogen-bond donors (Lipinski definition) is 1. The van der Waals surface area contributed by atoms with Gasteiger partial charge in [-0.1, -0.05) is 12.1 Å². The second-order valence-electron chi connectivity index (χ2n) is 7.10. The van der Waals surface area contributed by atoms with Crippen LogP contribution in [0.5, 0.6) is 11.5 Å². The third kappa shape index (κ3) is 4.12. The van der Waals surface area contributed by atoms with Crippen LogP contribution >= 0.6 is 0 Å². The van der Waals surface area contributed by atoms with Gasteiger partial charge in [0.1, 0.15) is 30.7 Å². The van der Waals surface area contributed by atoms with Gasteiger partial charge in [-0.25, -0.2) is 0 Å². The van der Waals surface area contributed by atoms with Crippen molar-refractivity contribution in [2.45, 2.75) is 25.3 Å². The lowest BCUT2D eigenvalue weighted by Crippen LogP contribution is -2.44. The second-order valence-corrected chi connectivity index (χ2v) is 7.10. The summed E-state index contributed by atoms with van der Waals surface area (Å²) in [5, 5.41) is 9.40. The molecule has 0 aliphatic carbocycles. The Balaban J connectivity index is 1.59. The number of aromatic nitrogens is 1. The minimum Gasteiger partial charge on any atom is -0.508 e. The summed E-state index contributed by atoms with van der Waals surface area (Å²) in [4.78, 5) is 14.3. The monoisotopic (exact) mass is 416 g/mol. The molecule has 8 heteroatoms. The summed E-state index contributed by atoms with van der Waals surface area (Å²) in [6.45, 7) is 0.286. The molecule has 1 atom stereocenters. The Bertz CT molecular complexity index is 1040. The minimum atomic E-state index is -4.45. The van der Waals surface area contributed by atoms with Gasteiger partial charge in [0.15, 0.2) is 0 Å². The number of phenolic OH excluding ortho intramolecular Hbond substituents is 1. The van der Waals surface area contributed by atoms with E-state index < -0.39 is 17.8 Å². The van der Waals surface area contributed by atoms with Gasteiger partial charge in [-0.15, -0.1) is 0 Å². The van der Waals surface area contributed by atoms with E-state index in [-0.39, 0.29) is 31.4 Å². The average molecular weight is 416 g/mol. The third-order valence-corrected chi connectivity index (χ3v) is 5.06. The zero-order valence-corrected chi connectivity index (χ0v) is 15.8. The molecule has 0 saturated carbocycles. The van der Waals surface area contributed by atoms with Crippen LogP contribution in [0.25, 0.3) is 0 Å². The molecule has 1 unspecified atom stereocenters. The molecule has 1 aromatic heterocycles. The van der Waals surface area contributed by atoms with Crippen LogP contribution in [-0.2, 0) is 24.1 Å². The summed E-state index contributed by atoms with van der Waals surface area (Å²) >= 11 is 0. The lowest BCUT2D eigenvalue weighted by Gasteiger charge is -2.36. The molecule has 5 nitrogen and oxygen atoms in total. The van der Waals surface area contributed by atoms with E-state index in [2.05, 4.69) is 0 Å². The van der Waals surface area contributed by atoms with Crippen LogP contribution in [0.15, 0.2) is 66.9 Å².